The summed E-state index contributed by atoms with van der Waals surface area (Å²) in [6, 6.07) is 16.5. The highest BCUT2D eigenvalue weighted by molar-refractivity contribution is 7.99. The van der Waals surface area contributed by atoms with Crippen molar-refractivity contribution in [1.29, 1.82) is 0 Å². The number of nitrogens with one attached hydrogen (secondary N) is 1. The topological polar surface area (TPSA) is 69.0 Å². The average Bonchev–Trinajstić information content (AvgIpc) is 3.14. The van der Waals surface area contributed by atoms with Gasteiger partial charge in [0.15, 0.2) is 11.0 Å². The molecule has 0 fully saturated rings. The number of nitrogens with zero attached hydrogens (tertiary/aromatic N) is 3. The summed E-state index contributed by atoms with van der Waals surface area (Å²) in [6.07, 6.45) is 0. The smallest absolute Gasteiger partial charge is 0.234 e. The molecule has 4 aromatic rings. The molecule has 0 unspecified atom stereocenters. The molecule has 32 heavy (non-hydrogen) atoms. The molecule has 3 aromatic carbocycles. The lowest BCUT2D eigenvalue weighted by Gasteiger charge is -2.11. The molecule has 1 N–H and O–H groups in total. The summed E-state index contributed by atoms with van der Waals surface area (Å²) in [6.45, 7) is 4.11. The highest BCUT2D eigenvalue weighted by atomic mass is 32.2. The Labute approximate surface area is 189 Å². The van der Waals surface area contributed by atoms with Crippen LogP contribution in [-0.2, 0) is 18.4 Å². The Balaban J connectivity index is 1.37. The van der Waals surface area contributed by atoms with Crippen LogP contribution in [0.4, 0.5) is 10.1 Å². The van der Waals surface area contributed by atoms with Crippen molar-refractivity contribution in [3.8, 4) is 5.75 Å². The quantitative estimate of drug-likeness (QED) is 0.400. The van der Waals surface area contributed by atoms with Crippen LogP contribution < -0.4 is 10.1 Å². The summed E-state index contributed by atoms with van der Waals surface area (Å²) in [7, 11) is 1.84. The van der Waals surface area contributed by atoms with E-state index in [1.165, 1.54) is 29.3 Å². The van der Waals surface area contributed by atoms with E-state index in [1.807, 2.05) is 49.7 Å². The van der Waals surface area contributed by atoms with E-state index in [0.29, 0.717) is 16.7 Å². The van der Waals surface area contributed by atoms with Crippen LogP contribution in [0.15, 0.2) is 59.8 Å². The van der Waals surface area contributed by atoms with Crippen molar-refractivity contribution in [3.05, 3.63) is 77.4 Å². The Morgan fingerprint density at radius 1 is 1.12 bits per heavy atom. The number of thioether (sulfide) groups is 1. The van der Waals surface area contributed by atoms with Crippen molar-refractivity contribution in [1.82, 2.24) is 14.8 Å². The maximum Gasteiger partial charge on any atom is 0.234 e. The number of carbonyl (C=O) groups excluding carboxylic acids is 1. The van der Waals surface area contributed by atoms with E-state index >= 15 is 0 Å². The molecule has 164 valence electrons. The van der Waals surface area contributed by atoms with E-state index in [4.69, 9.17) is 4.74 Å². The third kappa shape index (κ3) is 4.75. The lowest BCUT2D eigenvalue weighted by Crippen LogP contribution is -2.15. The summed E-state index contributed by atoms with van der Waals surface area (Å²) in [5.74, 6) is 0.952. The van der Waals surface area contributed by atoms with Gasteiger partial charge in [-0.3, -0.25) is 4.79 Å². The number of aromatic nitrogens is 3. The third-order valence-corrected chi connectivity index (χ3v) is 6.26. The Kier molecular flexibility index (Phi) is 6.41. The summed E-state index contributed by atoms with van der Waals surface area (Å²) in [5, 5.41) is 14.0. The molecule has 0 saturated heterocycles. The second-order valence-corrected chi connectivity index (χ2v) is 8.39. The van der Waals surface area contributed by atoms with Gasteiger partial charge < -0.3 is 14.6 Å². The molecule has 6 nitrogen and oxygen atoms in total. The van der Waals surface area contributed by atoms with Gasteiger partial charge in [-0.05, 0) is 53.9 Å². The monoisotopic (exact) mass is 450 g/mol. The SMILES string of the molecule is Cc1ccc(F)cc1NC(=O)CSc1nnc(COc2ccc3ccccc3c2C)n1C. The van der Waals surface area contributed by atoms with Crippen molar-refractivity contribution in [2.45, 2.75) is 25.6 Å². The first-order valence-corrected chi connectivity index (χ1v) is 11.1. The zero-order chi connectivity index (χ0) is 22.7. The van der Waals surface area contributed by atoms with Crippen molar-refractivity contribution in [2.24, 2.45) is 7.05 Å². The van der Waals surface area contributed by atoms with E-state index in [2.05, 4.69) is 27.6 Å². The molecular formula is C24H23FN4O2S. The van der Waals surface area contributed by atoms with Gasteiger partial charge in [-0.1, -0.05) is 48.2 Å². The molecule has 4 rings (SSSR count). The molecule has 0 aliphatic heterocycles. The number of carbonyl (C=O) groups is 1. The van der Waals surface area contributed by atoms with Gasteiger partial charge in [-0.15, -0.1) is 10.2 Å². The summed E-state index contributed by atoms with van der Waals surface area (Å²) in [4.78, 5) is 12.3. The minimum atomic E-state index is -0.391. The number of hydrogen-bond acceptors (Lipinski definition) is 5. The van der Waals surface area contributed by atoms with Crippen molar-refractivity contribution >= 4 is 34.1 Å². The maximum atomic E-state index is 13.4. The van der Waals surface area contributed by atoms with Gasteiger partial charge in [0, 0.05) is 12.7 Å². The minimum Gasteiger partial charge on any atom is -0.485 e. The predicted molar refractivity (Wildman–Crippen MR) is 125 cm³/mol. The molecule has 0 aliphatic carbocycles. The summed E-state index contributed by atoms with van der Waals surface area (Å²) < 4.78 is 21.2. The molecule has 0 radical (unpaired) electrons. The predicted octanol–water partition coefficient (Wildman–Crippen LogP) is 5.03. The van der Waals surface area contributed by atoms with Gasteiger partial charge in [0.25, 0.3) is 0 Å². The van der Waals surface area contributed by atoms with Crippen LogP contribution in [0, 0.1) is 19.7 Å². The Morgan fingerprint density at radius 3 is 2.78 bits per heavy atom. The standard InChI is InChI=1S/C24H23FN4O2S/c1-15-8-10-18(25)12-20(15)26-23(30)14-32-24-28-27-22(29(24)3)13-31-21-11-9-17-6-4-5-7-19(17)16(21)2/h4-12H,13-14H2,1-3H3,(H,26,30). The number of hydrogen-bond donors (Lipinski definition) is 1. The number of fused-ring (bicyclic) bond motifs is 1. The summed E-state index contributed by atoms with van der Waals surface area (Å²) >= 11 is 1.26. The number of aryl methyl sites for hydroxylation is 2. The van der Waals surface area contributed by atoms with Gasteiger partial charge in [0.2, 0.25) is 5.91 Å². The maximum absolute atomic E-state index is 13.4. The second kappa shape index (κ2) is 9.40. The Hall–Kier alpha value is -3.39. The molecule has 0 aliphatic rings. The van der Waals surface area contributed by atoms with E-state index in [9.17, 15) is 9.18 Å². The molecule has 0 spiro atoms. The molecule has 0 bridgehead atoms. The molecular weight excluding hydrogens is 427 g/mol. The first-order chi connectivity index (χ1) is 15.4. The zero-order valence-corrected chi connectivity index (χ0v) is 18.9. The highest BCUT2D eigenvalue weighted by Gasteiger charge is 2.14. The molecule has 8 heteroatoms. The van der Waals surface area contributed by atoms with E-state index in [1.54, 1.807) is 6.07 Å². The minimum absolute atomic E-state index is 0.132. The average molecular weight is 451 g/mol. The van der Waals surface area contributed by atoms with Crippen LogP contribution in [0.3, 0.4) is 0 Å². The lowest BCUT2D eigenvalue weighted by atomic mass is 10.0. The Morgan fingerprint density at radius 2 is 1.94 bits per heavy atom. The molecule has 1 aromatic heterocycles. The van der Waals surface area contributed by atoms with Gasteiger partial charge >= 0.3 is 0 Å². The second-order valence-electron chi connectivity index (χ2n) is 7.45. The largest absolute Gasteiger partial charge is 0.485 e. The van der Waals surface area contributed by atoms with Gasteiger partial charge in [0.1, 0.15) is 18.2 Å². The number of halogens is 1. The van der Waals surface area contributed by atoms with Crippen LogP contribution >= 0.6 is 11.8 Å². The van der Waals surface area contributed by atoms with Crippen molar-refractivity contribution in [2.75, 3.05) is 11.1 Å². The van der Waals surface area contributed by atoms with Crippen LogP contribution in [0.2, 0.25) is 0 Å². The normalized spacial score (nSPS) is 11.0. The number of anilines is 1. The lowest BCUT2D eigenvalue weighted by molar-refractivity contribution is -0.113. The number of benzene rings is 3. The fraction of sp³-hybridized carbons (Fsp3) is 0.208. The highest BCUT2D eigenvalue weighted by Crippen LogP contribution is 2.28. The van der Waals surface area contributed by atoms with Crippen LogP contribution in [0.1, 0.15) is 17.0 Å². The van der Waals surface area contributed by atoms with Crippen LogP contribution in [0.25, 0.3) is 10.8 Å². The number of amides is 1. The fourth-order valence-electron chi connectivity index (χ4n) is 3.35. The number of ether oxygens (including phenoxy) is 1. The van der Waals surface area contributed by atoms with Crippen molar-refractivity contribution in [3.63, 3.8) is 0 Å². The van der Waals surface area contributed by atoms with Crippen LogP contribution in [0.5, 0.6) is 5.75 Å². The van der Waals surface area contributed by atoms with Crippen LogP contribution in [-0.4, -0.2) is 26.4 Å². The van der Waals surface area contributed by atoms with E-state index in [-0.39, 0.29) is 18.3 Å². The fourth-order valence-corrected chi connectivity index (χ4v) is 4.08. The Bertz CT molecular complexity index is 1290. The zero-order valence-electron chi connectivity index (χ0n) is 18.1. The van der Waals surface area contributed by atoms with Crippen molar-refractivity contribution < 1.29 is 13.9 Å². The van der Waals surface area contributed by atoms with Gasteiger partial charge in [-0.2, -0.15) is 0 Å². The molecule has 1 heterocycles. The summed E-state index contributed by atoms with van der Waals surface area (Å²) in [5.41, 5.74) is 2.34. The molecule has 0 atom stereocenters. The first kappa shape index (κ1) is 21.8. The van der Waals surface area contributed by atoms with E-state index in [0.717, 1.165) is 22.3 Å². The van der Waals surface area contributed by atoms with E-state index < -0.39 is 5.82 Å². The van der Waals surface area contributed by atoms with Gasteiger partial charge in [0.05, 0.1) is 5.75 Å². The number of rotatable bonds is 7. The van der Waals surface area contributed by atoms with Gasteiger partial charge in [-0.25, -0.2) is 4.39 Å². The molecule has 1 amide bonds. The third-order valence-electron chi connectivity index (χ3n) is 5.24. The first-order valence-electron chi connectivity index (χ1n) is 10.1. The molecule has 0 saturated carbocycles.